The summed E-state index contributed by atoms with van der Waals surface area (Å²) in [6.45, 7) is 0.981. The molecular weight excluding hydrogens is 283 g/mol. The predicted octanol–water partition coefficient (Wildman–Crippen LogP) is 2.96. The number of pyridine rings is 1. The van der Waals surface area contributed by atoms with Gasteiger partial charge in [0, 0.05) is 12.5 Å². The third-order valence-electron chi connectivity index (χ3n) is 3.47. The quantitative estimate of drug-likeness (QED) is 0.899. The van der Waals surface area contributed by atoms with Crippen LogP contribution < -0.4 is 10.6 Å². The minimum atomic E-state index is -4.46. The fourth-order valence-electron chi connectivity index (χ4n) is 2.33. The van der Waals surface area contributed by atoms with E-state index in [2.05, 4.69) is 15.6 Å². The number of carbonyl (C=O) groups excluding carboxylic acids is 1. The summed E-state index contributed by atoms with van der Waals surface area (Å²) in [5.74, 6) is -0.205. The molecule has 0 spiro atoms. The lowest BCUT2D eigenvalue weighted by atomic mass is 10.0. The molecule has 4 nitrogen and oxygen atoms in total. The highest BCUT2D eigenvalue weighted by Crippen LogP contribution is 2.27. The van der Waals surface area contributed by atoms with Gasteiger partial charge in [-0.15, -0.1) is 0 Å². The van der Waals surface area contributed by atoms with Crippen LogP contribution in [0.1, 0.15) is 37.8 Å². The van der Waals surface area contributed by atoms with Gasteiger partial charge in [0.05, 0.1) is 11.9 Å². The van der Waals surface area contributed by atoms with E-state index in [1.807, 2.05) is 0 Å². The first-order valence-corrected chi connectivity index (χ1v) is 7.01. The van der Waals surface area contributed by atoms with Gasteiger partial charge >= 0.3 is 6.18 Å². The molecular formula is C14H18F3N3O. The molecule has 0 bridgehead atoms. The van der Waals surface area contributed by atoms with Crippen molar-refractivity contribution in [3.63, 3.8) is 0 Å². The molecule has 0 radical (unpaired) electrons. The second-order valence-corrected chi connectivity index (χ2v) is 5.16. The van der Waals surface area contributed by atoms with Crippen LogP contribution in [0.4, 0.5) is 18.9 Å². The Balaban J connectivity index is 1.79. The van der Waals surface area contributed by atoms with E-state index < -0.39 is 11.9 Å². The van der Waals surface area contributed by atoms with Crippen molar-refractivity contribution in [1.82, 2.24) is 10.3 Å². The van der Waals surface area contributed by atoms with Gasteiger partial charge in [-0.2, -0.15) is 13.2 Å². The second kappa shape index (κ2) is 6.89. The third kappa shape index (κ3) is 5.00. The summed E-state index contributed by atoms with van der Waals surface area (Å²) in [5, 5.41) is 5.91. The summed E-state index contributed by atoms with van der Waals surface area (Å²) < 4.78 is 37.1. The lowest BCUT2D eigenvalue weighted by molar-refractivity contribution is -0.141. The summed E-state index contributed by atoms with van der Waals surface area (Å²) in [6.07, 6.45) is 1.05. The zero-order chi connectivity index (χ0) is 15.3. The molecule has 1 atom stereocenters. The van der Waals surface area contributed by atoms with Crippen LogP contribution in [-0.2, 0) is 11.0 Å². The van der Waals surface area contributed by atoms with E-state index in [0.29, 0.717) is 12.5 Å². The number of amides is 1. The monoisotopic (exact) mass is 301 g/mol. The van der Waals surface area contributed by atoms with Crippen molar-refractivity contribution in [2.24, 2.45) is 0 Å². The molecule has 1 aromatic heterocycles. The summed E-state index contributed by atoms with van der Waals surface area (Å²) in [4.78, 5) is 15.0. The third-order valence-corrected chi connectivity index (χ3v) is 3.47. The van der Waals surface area contributed by atoms with E-state index in [1.54, 1.807) is 0 Å². The van der Waals surface area contributed by atoms with Gasteiger partial charge in [-0.25, -0.2) is 4.98 Å². The van der Waals surface area contributed by atoms with Crippen molar-refractivity contribution in [1.29, 1.82) is 0 Å². The predicted molar refractivity (Wildman–Crippen MR) is 72.7 cm³/mol. The van der Waals surface area contributed by atoms with E-state index in [4.69, 9.17) is 0 Å². The van der Waals surface area contributed by atoms with Gasteiger partial charge in [-0.05, 0) is 37.9 Å². The number of hydrogen-bond donors (Lipinski definition) is 2. The van der Waals surface area contributed by atoms with Gasteiger partial charge in [-0.1, -0.05) is 6.42 Å². The van der Waals surface area contributed by atoms with Gasteiger partial charge < -0.3 is 10.6 Å². The number of carbonyl (C=O) groups is 1. The molecule has 1 aliphatic heterocycles. The highest BCUT2D eigenvalue weighted by molar-refractivity contribution is 5.90. The molecule has 1 unspecified atom stereocenters. The Bertz CT molecular complexity index is 467. The lowest BCUT2D eigenvalue weighted by Gasteiger charge is -2.23. The number of hydrogen-bond acceptors (Lipinski definition) is 3. The van der Waals surface area contributed by atoms with E-state index >= 15 is 0 Å². The van der Waals surface area contributed by atoms with E-state index in [9.17, 15) is 18.0 Å². The second-order valence-electron chi connectivity index (χ2n) is 5.16. The Hall–Kier alpha value is -1.63. The molecule has 0 aliphatic carbocycles. The topological polar surface area (TPSA) is 54.0 Å². The Labute approximate surface area is 121 Å². The van der Waals surface area contributed by atoms with Crippen molar-refractivity contribution in [2.45, 2.75) is 44.3 Å². The molecule has 1 saturated heterocycles. The molecule has 1 aromatic rings. The number of aromatic nitrogens is 1. The molecule has 1 aliphatic rings. The molecule has 7 heteroatoms. The van der Waals surface area contributed by atoms with Crippen LogP contribution in [0.3, 0.4) is 0 Å². The molecule has 116 valence electrons. The summed E-state index contributed by atoms with van der Waals surface area (Å²) in [7, 11) is 0. The number of piperidine rings is 1. The average Bonchev–Trinajstić information content (AvgIpc) is 2.46. The summed E-state index contributed by atoms with van der Waals surface area (Å²) >= 11 is 0. The highest BCUT2D eigenvalue weighted by Gasteiger charge is 2.32. The number of nitrogens with zero attached hydrogens (tertiary/aromatic N) is 1. The fraction of sp³-hybridized carbons (Fsp3) is 0.571. The molecule has 1 amide bonds. The largest absolute Gasteiger partial charge is 0.433 e. The van der Waals surface area contributed by atoms with Crippen LogP contribution in [0.25, 0.3) is 0 Å². The van der Waals surface area contributed by atoms with Crippen molar-refractivity contribution >= 4 is 11.6 Å². The van der Waals surface area contributed by atoms with Crippen molar-refractivity contribution in [3.8, 4) is 0 Å². The number of anilines is 1. The number of nitrogens with one attached hydrogen (secondary N) is 2. The highest BCUT2D eigenvalue weighted by atomic mass is 19.4. The SMILES string of the molecule is O=C(CCC1CCCCN1)Nc1ccc(C(F)(F)F)nc1. The first-order chi connectivity index (χ1) is 9.95. The van der Waals surface area contributed by atoms with Crippen LogP contribution in [0, 0.1) is 0 Å². The number of halogens is 3. The smallest absolute Gasteiger partial charge is 0.325 e. The first-order valence-electron chi connectivity index (χ1n) is 7.01. The first kappa shape index (κ1) is 15.8. The van der Waals surface area contributed by atoms with Gasteiger partial charge in [0.1, 0.15) is 5.69 Å². The number of rotatable bonds is 4. The van der Waals surface area contributed by atoms with Crippen LogP contribution in [0.15, 0.2) is 18.3 Å². The van der Waals surface area contributed by atoms with Crippen LogP contribution in [0.2, 0.25) is 0 Å². The van der Waals surface area contributed by atoms with Crippen LogP contribution >= 0.6 is 0 Å². The van der Waals surface area contributed by atoms with Crippen molar-refractivity contribution < 1.29 is 18.0 Å². The minimum absolute atomic E-state index is 0.205. The zero-order valence-electron chi connectivity index (χ0n) is 11.5. The lowest BCUT2D eigenvalue weighted by Crippen LogP contribution is -2.34. The Kier molecular flexibility index (Phi) is 5.17. The van der Waals surface area contributed by atoms with Gasteiger partial charge in [0.15, 0.2) is 0 Å². The normalized spacial score (nSPS) is 19.3. The van der Waals surface area contributed by atoms with Crippen molar-refractivity contribution in [2.75, 3.05) is 11.9 Å². The maximum atomic E-state index is 12.4. The maximum absolute atomic E-state index is 12.4. The summed E-state index contributed by atoms with van der Waals surface area (Å²) in [6, 6.07) is 2.43. The average molecular weight is 301 g/mol. The zero-order valence-corrected chi connectivity index (χ0v) is 11.5. The molecule has 2 N–H and O–H groups in total. The number of alkyl halides is 3. The van der Waals surface area contributed by atoms with Gasteiger partial charge in [0.2, 0.25) is 5.91 Å². The Morgan fingerprint density at radius 2 is 2.19 bits per heavy atom. The minimum Gasteiger partial charge on any atom is -0.325 e. The van der Waals surface area contributed by atoms with Crippen LogP contribution in [0.5, 0.6) is 0 Å². The Morgan fingerprint density at radius 3 is 2.76 bits per heavy atom. The Morgan fingerprint density at radius 1 is 1.38 bits per heavy atom. The summed E-state index contributed by atoms with van der Waals surface area (Å²) in [5.41, 5.74) is -0.684. The van der Waals surface area contributed by atoms with E-state index in [0.717, 1.165) is 31.6 Å². The molecule has 2 rings (SSSR count). The standard InChI is InChI=1S/C14H18F3N3O/c15-14(16,17)12-6-4-11(9-19-12)20-13(21)7-5-10-3-1-2-8-18-10/h4,6,9-10,18H,1-3,5,7-8H2,(H,20,21). The molecule has 2 heterocycles. The molecule has 0 aromatic carbocycles. The van der Waals surface area contributed by atoms with Crippen LogP contribution in [-0.4, -0.2) is 23.5 Å². The van der Waals surface area contributed by atoms with E-state index in [-0.39, 0.29) is 11.6 Å². The van der Waals surface area contributed by atoms with Gasteiger partial charge in [0.25, 0.3) is 0 Å². The maximum Gasteiger partial charge on any atom is 0.433 e. The van der Waals surface area contributed by atoms with Gasteiger partial charge in [-0.3, -0.25) is 4.79 Å². The fourth-order valence-corrected chi connectivity index (χ4v) is 2.33. The molecule has 1 fully saturated rings. The van der Waals surface area contributed by atoms with E-state index in [1.165, 1.54) is 18.9 Å². The molecule has 21 heavy (non-hydrogen) atoms. The van der Waals surface area contributed by atoms with Crippen molar-refractivity contribution in [3.05, 3.63) is 24.0 Å². The molecule has 0 saturated carbocycles.